The zero-order valence-electron chi connectivity index (χ0n) is 12.4. The van der Waals surface area contributed by atoms with Gasteiger partial charge in [-0.2, -0.15) is 0 Å². The van der Waals surface area contributed by atoms with Crippen molar-refractivity contribution >= 4 is 0 Å². The number of nitrogens with one attached hydrogen (secondary N) is 1. The molecule has 1 N–H and O–H groups in total. The Labute approximate surface area is 118 Å². The summed E-state index contributed by atoms with van der Waals surface area (Å²) in [7, 11) is 2.25. The maximum Gasteiger partial charge on any atom is 0.0320 e. The van der Waals surface area contributed by atoms with Gasteiger partial charge >= 0.3 is 0 Å². The predicted molar refractivity (Wildman–Crippen MR) is 82.4 cm³/mol. The summed E-state index contributed by atoms with van der Waals surface area (Å²) in [5.74, 6) is 0. The van der Waals surface area contributed by atoms with Crippen molar-refractivity contribution in [3.8, 4) is 0 Å². The fourth-order valence-electron chi connectivity index (χ4n) is 3.00. The zero-order valence-corrected chi connectivity index (χ0v) is 12.4. The topological polar surface area (TPSA) is 15.3 Å². The quantitative estimate of drug-likeness (QED) is 0.806. The lowest BCUT2D eigenvalue weighted by molar-refractivity contribution is 0.288. The van der Waals surface area contributed by atoms with E-state index in [1.54, 1.807) is 0 Å². The molecule has 0 spiro atoms. The molecule has 1 aliphatic rings. The average Bonchev–Trinajstić information content (AvgIpc) is 2.85. The third-order valence-electron chi connectivity index (χ3n) is 4.32. The molecule has 0 aromatic heterocycles. The minimum Gasteiger partial charge on any atom is -0.308 e. The van der Waals surface area contributed by atoms with Crippen LogP contribution in [0.5, 0.6) is 0 Å². The van der Waals surface area contributed by atoms with Gasteiger partial charge in [0.1, 0.15) is 0 Å². The summed E-state index contributed by atoms with van der Waals surface area (Å²) in [5, 5.41) is 3.80. The van der Waals surface area contributed by atoms with Gasteiger partial charge in [0.2, 0.25) is 0 Å². The van der Waals surface area contributed by atoms with Gasteiger partial charge in [-0.25, -0.2) is 0 Å². The van der Waals surface area contributed by atoms with Crippen LogP contribution in [0.4, 0.5) is 0 Å². The van der Waals surface area contributed by atoms with Gasteiger partial charge < -0.3 is 10.2 Å². The zero-order chi connectivity index (χ0) is 13.5. The van der Waals surface area contributed by atoms with E-state index in [-0.39, 0.29) is 0 Å². The van der Waals surface area contributed by atoms with E-state index < -0.39 is 0 Å². The highest BCUT2D eigenvalue weighted by Crippen LogP contribution is 2.21. The first-order valence-electron chi connectivity index (χ1n) is 7.80. The molecule has 2 atom stereocenters. The lowest BCUT2D eigenvalue weighted by Crippen LogP contribution is -2.37. The molecule has 0 amide bonds. The molecule has 1 fully saturated rings. The van der Waals surface area contributed by atoms with E-state index in [1.807, 2.05) is 0 Å². The molecule has 1 heterocycles. The summed E-state index contributed by atoms with van der Waals surface area (Å²) in [6, 6.07) is 12.2. The molecule has 1 aromatic rings. The summed E-state index contributed by atoms with van der Waals surface area (Å²) in [4.78, 5) is 2.49. The fraction of sp³-hybridized carbons (Fsp3) is 0.647. The van der Waals surface area contributed by atoms with Crippen molar-refractivity contribution in [1.29, 1.82) is 0 Å². The number of hydrogen-bond acceptors (Lipinski definition) is 2. The molecule has 19 heavy (non-hydrogen) atoms. The second-order valence-electron chi connectivity index (χ2n) is 5.79. The normalized spacial score (nSPS) is 21.7. The van der Waals surface area contributed by atoms with E-state index in [9.17, 15) is 0 Å². The fourth-order valence-corrected chi connectivity index (χ4v) is 3.00. The van der Waals surface area contributed by atoms with Crippen LogP contribution < -0.4 is 5.32 Å². The van der Waals surface area contributed by atoms with E-state index in [4.69, 9.17) is 0 Å². The van der Waals surface area contributed by atoms with E-state index in [0.717, 1.165) is 12.6 Å². The summed E-state index contributed by atoms with van der Waals surface area (Å²) in [6.07, 6.45) is 6.52. The summed E-state index contributed by atoms with van der Waals surface area (Å²) in [6.45, 7) is 4.66. The second-order valence-corrected chi connectivity index (χ2v) is 5.79. The maximum atomic E-state index is 3.80. The molecule has 0 radical (unpaired) electrons. The van der Waals surface area contributed by atoms with Crippen LogP contribution >= 0.6 is 0 Å². The molecule has 2 unspecified atom stereocenters. The second kappa shape index (κ2) is 7.66. The van der Waals surface area contributed by atoms with Crippen molar-refractivity contribution in [3.63, 3.8) is 0 Å². The molecule has 2 heteroatoms. The molecular weight excluding hydrogens is 232 g/mol. The molecule has 106 valence electrons. The molecule has 1 saturated heterocycles. The van der Waals surface area contributed by atoms with Gasteiger partial charge in [-0.05, 0) is 38.4 Å². The van der Waals surface area contributed by atoms with Crippen LogP contribution in [0.3, 0.4) is 0 Å². The maximum absolute atomic E-state index is 3.80. The first-order valence-corrected chi connectivity index (χ1v) is 7.80. The van der Waals surface area contributed by atoms with Crippen molar-refractivity contribution in [2.24, 2.45) is 0 Å². The van der Waals surface area contributed by atoms with E-state index >= 15 is 0 Å². The Morgan fingerprint density at radius 1 is 1.32 bits per heavy atom. The van der Waals surface area contributed by atoms with Crippen LogP contribution in [-0.2, 0) is 0 Å². The number of likely N-dealkylation sites (N-methyl/N-ethyl adjacent to an activating group) is 1. The van der Waals surface area contributed by atoms with Crippen molar-refractivity contribution in [2.45, 2.75) is 51.1 Å². The highest BCUT2D eigenvalue weighted by Gasteiger charge is 2.21. The third-order valence-corrected chi connectivity index (χ3v) is 4.32. The molecule has 0 bridgehead atoms. The average molecular weight is 260 g/mol. The lowest BCUT2D eigenvalue weighted by atomic mass is 10.0. The minimum absolute atomic E-state index is 0.523. The highest BCUT2D eigenvalue weighted by atomic mass is 15.2. The smallest absolute Gasteiger partial charge is 0.0320 e. The molecule has 0 saturated carbocycles. The monoisotopic (exact) mass is 260 g/mol. The van der Waals surface area contributed by atoms with Gasteiger partial charge in [-0.3, -0.25) is 0 Å². The largest absolute Gasteiger partial charge is 0.308 e. The Kier molecular flexibility index (Phi) is 5.87. The van der Waals surface area contributed by atoms with Crippen LogP contribution in [0, 0.1) is 0 Å². The number of benzene rings is 1. The van der Waals surface area contributed by atoms with Gasteiger partial charge in [-0.1, -0.05) is 50.1 Å². The third kappa shape index (κ3) is 4.32. The summed E-state index contributed by atoms with van der Waals surface area (Å²) >= 11 is 0. The molecule has 2 rings (SSSR count). The Balaban J connectivity index is 1.90. The Hall–Kier alpha value is -0.860. The van der Waals surface area contributed by atoms with Crippen LogP contribution in [0.2, 0.25) is 0 Å². The van der Waals surface area contributed by atoms with E-state index in [0.29, 0.717) is 6.04 Å². The standard InChI is InChI=1S/C17H28N2/c1-3-4-12-17(15-9-6-5-7-10-15)18-14-16-11-8-13-19(16)2/h5-7,9-10,16-18H,3-4,8,11-14H2,1-2H3. The number of likely N-dealkylation sites (tertiary alicyclic amines) is 1. The SMILES string of the molecule is CCCCC(NCC1CCCN1C)c1ccccc1. The van der Waals surface area contributed by atoms with Crippen LogP contribution in [0.25, 0.3) is 0 Å². The predicted octanol–water partition coefficient (Wildman–Crippen LogP) is 3.60. The van der Waals surface area contributed by atoms with Crippen LogP contribution in [0.1, 0.15) is 50.6 Å². The van der Waals surface area contributed by atoms with Crippen molar-refractivity contribution in [3.05, 3.63) is 35.9 Å². The highest BCUT2D eigenvalue weighted by molar-refractivity contribution is 5.18. The van der Waals surface area contributed by atoms with Gasteiger partial charge in [0, 0.05) is 18.6 Å². The van der Waals surface area contributed by atoms with Crippen LogP contribution in [-0.4, -0.2) is 31.1 Å². The van der Waals surface area contributed by atoms with Gasteiger partial charge in [0.25, 0.3) is 0 Å². The number of nitrogens with zero attached hydrogens (tertiary/aromatic N) is 1. The van der Waals surface area contributed by atoms with E-state index in [2.05, 4.69) is 54.5 Å². The lowest BCUT2D eigenvalue weighted by Gasteiger charge is -2.25. The molecule has 1 aromatic carbocycles. The number of rotatable bonds is 7. The van der Waals surface area contributed by atoms with Gasteiger partial charge in [0.05, 0.1) is 0 Å². The first kappa shape index (κ1) is 14.5. The molecule has 0 aliphatic carbocycles. The number of hydrogen-bond donors (Lipinski definition) is 1. The van der Waals surface area contributed by atoms with Crippen molar-refractivity contribution in [1.82, 2.24) is 10.2 Å². The summed E-state index contributed by atoms with van der Waals surface area (Å²) < 4.78 is 0. The Morgan fingerprint density at radius 2 is 2.11 bits per heavy atom. The van der Waals surface area contributed by atoms with E-state index in [1.165, 1.54) is 44.2 Å². The molecule has 1 aliphatic heterocycles. The Bertz CT molecular complexity index is 350. The molecule has 2 nitrogen and oxygen atoms in total. The first-order chi connectivity index (χ1) is 9.31. The van der Waals surface area contributed by atoms with Crippen molar-refractivity contribution < 1.29 is 0 Å². The Morgan fingerprint density at radius 3 is 2.74 bits per heavy atom. The van der Waals surface area contributed by atoms with Crippen molar-refractivity contribution in [2.75, 3.05) is 20.1 Å². The van der Waals surface area contributed by atoms with Crippen LogP contribution in [0.15, 0.2) is 30.3 Å². The summed E-state index contributed by atoms with van der Waals surface area (Å²) in [5.41, 5.74) is 1.44. The number of unbranched alkanes of at least 4 members (excludes halogenated alkanes) is 1. The van der Waals surface area contributed by atoms with Gasteiger partial charge in [0.15, 0.2) is 0 Å². The van der Waals surface area contributed by atoms with Gasteiger partial charge in [-0.15, -0.1) is 0 Å². The molecular formula is C17H28N2. The minimum atomic E-state index is 0.523.